The van der Waals surface area contributed by atoms with Crippen molar-refractivity contribution >= 4 is 5.91 Å². The first-order valence-electron chi connectivity index (χ1n) is 10.1. The minimum Gasteiger partial charge on any atom is -0.354 e. The van der Waals surface area contributed by atoms with Gasteiger partial charge in [0.2, 0.25) is 5.91 Å². The maximum atomic E-state index is 12.2. The molecule has 4 nitrogen and oxygen atoms in total. The van der Waals surface area contributed by atoms with Crippen LogP contribution in [0.5, 0.6) is 0 Å². The Morgan fingerprint density at radius 1 is 1.20 bits per heavy atom. The summed E-state index contributed by atoms with van der Waals surface area (Å²) in [6.07, 6.45) is 7.31. The highest BCUT2D eigenvalue weighted by Gasteiger charge is 2.26. The Kier molecular flexibility index (Phi) is 5.37. The highest BCUT2D eigenvalue weighted by Crippen LogP contribution is 2.40. The van der Waals surface area contributed by atoms with Crippen molar-refractivity contribution < 1.29 is 4.79 Å². The summed E-state index contributed by atoms with van der Waals surface area (Å²) in [5.41, 5.74) is 2.98. The van der Waals surface area contributed by atoms with Crippen molar-refractivity contribution in [3.63, 3.8) is 0 Å². The standard InChI is InChI=1S/C21H31N3O/c25-21(20-7-2-10-22-20)23-13-17-5-3-11-24(15-17)14-16-4-1-6-19(12-16)18-8-9-18/h1,4,6,12,17-18,20,22H,2-3,5,7-11,13-15H2,(H,23,25). The van der Waals surface area contributed by atoms with E-state index in [1.54, 1.807) is 0 Å². The number of rotatable bonds is 6. The van der Waals surface area contributed by atoms with Gasteiger partial charge >= 0.3 is 0 Å². The topological polar surface area (TPSA) is 44.4 Å². The van der Waals surface area contributed by atoms with Gasteiger partial charge in [0.05, 0.1) is 6.04 Å². The molecule has 2 N–H and O–H groups in total. The summed E-state index contributed by atoms with van der Waals surface area (Å²) in [5.74, 6) is 1.62. The number of hydrogen-bond donors (Lipinski definition) is 2. The number of carbonyl (C=O) groups excluding carboxylic acids is 1. The minimum atomic E-state index is 0.0462. The van der Waals surface area contributed by atoms with Crippen molar-refractivity contribution in [3.05, 3.63) is 35.4 Å². The molecule has 1 aliphatic carbocycles. The zero-order chi connectivity index (χ0) is 17.1. The lowest BCUT2D eigenvalue weighted by atomic mass is 9.97. The van der Waals surface area contributed by atoms with Crippen molar-refractivity contribution in [2.45, 2.75) is 57.0 Å². The number of hydrogen-bond acceptors (Lipinski definition) is 3. The fraction of sp³-hybridized carbons (Fsp3) is 0.667. The van der Waals surface area contributed by atoms with E-state index < -0.39 is 0 Å². The van der Waals surface area contributed by atoms with Crippen LogP contribution in [-0.2, 0) is 11.3 Å². The largest absolute Gasteiger partial charge is 0.354 e. The highest BCUT2D eigenvalue weighted by molar-refractivity contribution is 5.81. The smallest absolute Gasteiger partial charge is 0.237 e. The quantitative estimate of drug-likeness (QED) is 0.836. The first-order chi connectivity index (χ1) is 12.3. The van der Waals surface area contributed by atoms with Crippen LogP contribution in [0.15, 0.2) is 24.3 Å². The summed E-state index contributed by atoms with van der Waals surface area (Å²) < 4.78 is 0. The lowest BCUT2D eigenvalue weighted by Crippen LogP contribution is -2.45. The van der Waals surface area contributed by atoms with Crippen LogP contribution in [0.4, 0.5) is 0 Å². The molecule has 2 atom stereocenters. The van der Waals surface area contributed by atoms with Gasteiger partial charge in [0.25, 0.3) is 0 Å². The Hall–Kier alpha value is -1.39. The Balaban J connectivity index is 1.26. The third-order valence-corrected chi connectivity index (χ3v) is 5.95. The van der Waals surface area contributed by atoms with Crippen molar-refractivity contribution in [3.8, 4) is 0 Å². The molecule has 1 aromatic carbocycles. The molecule has 136 valence electrons. The molecule has 2 aliphatic heterocycles. The molecule has 3 fully saturated rings. The van der Waals surface area contributed by atoms with Crippen LogP contribution in [0.1, 0.15) is 55.6 Å². The van der Waals surface area contributed by atoms with E-state index in [0.29, 0.717) is 5.92 Å². The van der Waals surface area contributed by atoms with E-state index in [4.69, 9.17) is 0 Å². The van der Waals surface area contributed by atoms with Gasteiger partial charge in [-0.1, -0.05) is 24.3 Å². The van der Waals surface area contributed by atoms with Crippen LogP contribution in [0.25, 0.3) is 0 Å². The molecule has 0 spiro atoms. The van der Waals surface area contributed by atoms with E-state index in [-0.39, 0.29) is 11.9 Å². The third kappa shape index (κ3) is 4.62. The van der Waals surface area contributed by atoms with Crippen LogP contribution in [-0.4, -0.2) is 43.0 Å². The molecule has 2 saturated heterocycles. The summed E-state index contributed by atoms with van der Waals surface area (Å²) in [6, 6.07) is 9.23. The van der Waals surface area contributed by atoms with Crippen molar-refractivity contribution in [1.29, 1.82) is 0 Å². The summed E-state index contributed by atoms with van der Waals surface area (Å²) in [4.78, 5) is 14.8. The first kappa shape index (κ1) is 17.0. The Labute approximate surface area is 151 Å². The molecule has 1 amide bonds. The van der Waals surface area contributed by atoms with E-state index in [1.807, 2.05) is 0 Å². The van der Waals surface area contributed by atoms with Gasteiger partial charge in [-0.15, -0.1) is 0 Å². The van der Waals surface area contributed by atoms with E-state index in [2.05, 4.69) is 39.8 Å². The summed E-state index contributed by atoms with van der Waals surface area (Å²) in [7, 11) is 0. The molecule has 0 bridgehead atoms. The molecule has 0 aromatic heterocycles. The molecule has 0 radical (unpaired) electrons. The average Bonchev–Trinajstić information content (AvgIpc) is 3.34. The highest BCUT2D eigenvalue weighted by atomic mass is 16.2. The van der Waals surface area contributed by atoms with E-state index in [9.17, 15) is 4.79 Å². The molecule has 2 heterocycles. The minimum absolute atomic E-state index is 0.0462. The van der Waals surface area contributed by atoms with Crippen LogP contribution < -0.4 is 10.6 Å². The summed E-state index contributed by atoms with van der Waals surface area (Å²) in [6.45, 7) is 5.15. The van der Waals surface area contributed by atoms with Gasteiger partial charge in [-0.25, -0.2) is 0 Å². The molecular formula is C21H31N3O. The Morgan fingerprint density at radius 3 is 2.92 bits per heavy atom. The fourth-order valence-corrected chi connectivity index (χ4v) is 4.36. The van der Waals surface area contributed by atoms with E-state index in [1.165, 1.54) is 43.4 Å². The monoisotopic (exact) mass is 341 g/mol. The molecule has 25 heavy (non-hydrogen) atoms. The number of amides is 1. The summed E-state index contributed by atoms with van der Waals surface area (Å²) in [5, 5.41) is 6.47. The predicted octanol–water partition coefficient (Wildman–Crippen LogP) is 2.64. The second kappa shape index (κ2) is 7.88. The van der Waals surface area contributed by atoms with E-state index >= 15 is 0 Å². The normalized spacial score (nSPS) is 27.4. The average molecular weight is 341 g/mol. The van der Waals surface area contributed by atoms with Crippen LogP contribution in [0.2, 0.25) is 0 Å². The Bertz CT molecular complexity index is 593. The van der Waals surface area contributed by atoms with Crippen molar-refractivity contribution in [2.24, 2.45) is 5.92 Å². The van der Waals surface area contributed by atoms with Crippen LogP contribution >= 0.6 is 0 Å². The molecular weight excluding hydrogens is 310 g/mol. The van der Waals surface area contributed by atoms with Gasteiger partial charge in [0.1, 0.15) is 0 Å². The number of likely N-dealkylation sites (tertiary alicyclic amines) is 1. The fourth-order valence-electron chi connectivity index (χ4n) is 4.36. The van der Waals surface area contributed by atoms with Gasteiger partial charge < -0.3 is 10.6 Å². The van der Waals surface area contributed by atoms with Crippen LogP contribution in [0, 0.1) is 5.92 Å². The van der Waals surface area contributed by atoms with Crippen molar-refractivity contribution in [2.75, 3.05) is 26.2 Å². The maximum absolute atomic E-state index is 12.2. The molecule has 1 aromatic rings. The molecule has 4 heteroatoms. The van der Waals surface area contributed by atoms with Gasteiger partial charge in [-0.2, -0.15) is 0 Å². The van der Waals surface area contributed by atoms with E-state index in [0.717, 1.165) is 44.9 Å². The lowest BCUT2D eigenvalue weighted by molar-refractivity contribution is -0.123. The van der Waals surface area contributed by atoms with Crippen molar-refractivity contribution in [1.82, 2.24) is 15.5 Å². The number of nitrogens with one attached hydrogen (secondary N) is 2. The third-order valence-electron chi connectivity index (χ3n) is 5.95. The zero-order valence-electron chi connectivity index (χ0n) is 15.2. The number of carbonyl (C=O) groups is 1. The van der Waals surface area contributed by atoms with Gasteiger partial charge in [0, 0.05) is 19.6 Å². The zero-order valence-corrected chi connectivity index (χ0v) is 15.2. The van der Waals surface area contributed by atoms with Crippen LogP contribution in [0.3, 0.4) is 0 Å². The second-order valence-electron chi connectivity index (χ2n) is 8.16. The molecule has 1 saturated carbocycles. The number of benzene rings is 1. The van der Waals surface area contributed by atoms with Gasteiger partial charge in [0.15, 0.2) is 0 Å². The Morgan fingerprint density at radius 2 is 2.12 bits per heavy atom. The number of piperidine rings is 1. The molecule has 3 aliphatic rings. The van der Waals surface area contributed by atoms with Gasteiger partial charge in [-0.05, 0) is 74.6 Å². The predicted molar refractivity (Wildman–Crippen MR) is 100 cm³/mol. The molecule has 2 unspecified atom stereocenters. The maximum Gasteiger partial charge on any atom is 0.237 e. The van der Waals surface area contributed by atoms with Gasteiger partial charge in [-0.3, -0.25) is 9.69 Å². The number of nitrogens with zero attached hydrogens (tertiary/aromatic N) is 1. The first-order valence-corrected chi connectivity index (χ1v) is 10.1. The summed E-state index contributed by atoms with van der Waals surface area (Å²) >= 11 is 0. The lowest BCUT2D eigenvalue weighted by Gasteiger charge is -2.33. The molecule has 4 rings (SSSR count). The SMILES string of the molecule is O=C(NCC1CCCN(Cc2cccc(C3CC3)c2)C1)C1CCCN1. The second-order valence-corrected chi connectivity index (χ2v) is 8.16.